The molecule has 0 amide bonds. The highest BCUT2D eigenvalue weighted by molar-refractivity contribution is 6.00. The van der Waals surface area contributed by atoms with Crippen LogP contribution in [-0.2, 0) is 4.79 Å². The van der Waals surface area contributed by atoms with E-state index in [0.29, 0.717) is 24.4 Å². The number of aliphatic carboxylic acids is 1. The van der Waals surface area contributed by atoms with Gasteiger partial charge < -0.3 is 10.4 Å². The van der Waals surface area contributed by atoms with Crippen molar-refractivity contribution in [3.8, 4) is 0 Å². The zero-order chi connectivity index (χ0) is 15.8. The first-order valence-corrected chi connectivity index (χ1v) is 7.55. The van der Waals surface area contributed by atoms with Crippen molar-refractivity contribution in [3.05, 3.63) is 35.4 Å². The zero-order valence-corrected chi connectivity index (χ0v) is 13.1. The summed E-state index contributed by atoms with van der Waals surface area (Å²) in [6.07, 6.45) is 1.22. The second-order valence-corrected chi connectivity index (χ2v) is 5.58. The highest BCUT2D eigenvalue weighted by Gasteiger charge is 2.20. The Bertz CT molecular complexity index is 465. The minimum Gasteiger partial charge on any atom is -0.481 e. The minimum absolute atomic E-state index is 0.00278. The lowest BCUT2D eigenvalue weighted by atomic mass is 9.96. The Kier molecular flexibility index (Phi) is 7.09. The Balaban J connectivity index is 2.79. The lowest BCUT2D eigenvalue weighted by Crippen LogP contribution is -2.37. The average Bonchev–Trinajstić information content (AvgIpc) is 2.46. The van der Waals surface area contributed by atoms with Gasteiger partial charge in [0.2, 0.25) is 0 Å². The number of rotatable bonds is 9. The standard InChI is InChI=1S/C17H25NO3/c1-4-11-18-15(9-10-16(19)20)17(21)14-7-5-13(6-8-14)12(2)3/h5-8,12,15,18H,4,9-11H2,1-3H3,(H,19,20). The third-order valence-corrected chi connectivity index (χ3v) is 3.47. The Morgan fingerprint density at radius 3 is 2.29 bits per heavy atom. The molecule has 4 nitrogen and oxygen atoms in total. The van der Waals surface area contributed by atoms with Gasteiger partial charge in [0.25, 0.3) is 0 Å². The van der Waals surface area contributed by atoms with E-state index in [2.05, 4.69) is 19.2 Å². The molecular weight excluding hydrogens is 266 g/mol. The molecule has 0 bridgehead atoms. The predicted octanol–water partition coefficient (Wildman–Crippen LogP) is 3.23. The van der Waals surface area contributed by atoms with Gasteiger partial charge in [-0.05, 0) is 30.9 Å². The second-order valence-electron chi connectivity index (χ2n) is 5.58. The summed E-state index contributed by atoms with van der Waals surface area (Å²) < 4.78 is 0. The summed E-state index contributed by atoms with van der Waals surface area (Å²) in [4.78, 5) is 23.2. The molecule has 0 saturated carbocycles. The molecule has 2 N–H and O–H groups in total. The Morgan fingerprint density at radius 1 is 1.19 bits per heavy atom. The summed E-state index contributed by atoms with van der Waals surface area (Å²) in [7, 11) is 0. The van der Waals surface area contributed by atoms with Crippen molar-refractivity contribution in [2.75, 3.05) is 6.54 Å². The van der Waals surface area contributed by atoms with Gasteiger partial charge in [0, 0.05) is 12.0 Å². The molecule has 1 aromatic carbocycles. The molecule has 1 aromatic rings. The highest BCUT2D eigenvalue weighted by Crippen LogP contribution is 2.16. The van der Waals surface area contributed by atoms with Crippen LogP contribution in [0.2, 0.25) is 0 Å². The van der Waals surface area contributed by atoms with Crippen LogP contribution in [0.3, 0.4) is 0 Å². The van der Waals surface area contributed by atoms with Crippen molar-refractivity contribution in [1.29, 1.82) is 0 Å². The third kappa shape index (κ3) is 5.68. The number of Topliss-reactive ketones (excluding diaryl/α,β-unsaturated/α-hetero) is 1. The average molecular weight is 291 g/mol. The second kappa shape index (κ2) is 8.57. The SMILES string of the molecule is CCCNC(CCC(=O)O)C(=O)c1ccc(C(C)C)cc1. The molecule has 0 spiro atoms. The van der Waals surface area contributed by atoms with Crippen molar-refractivity contribution in [1.82, 2.24) is 5.32 Å². The molecule has 0 fully saturated rings. The smallest absolute Gasteiger partial charge is 0.303 e. The quantitative estimate of drug-likeness (QED) is 0.686. The maximum atomic E-state index is 12.5. The number of hydrogen-bond acceptors (Lipinski definition) is 3. The molecular formula is C17H25NO3. The number of ketones is 1. The lowest BCUT2D eigenvalue weighted by molar-refractivity contribution is -0.137. The molecule has 1 rings (SSSR count). The first-order chi connectivity index (χ1) is 9.95. The van der Waals surface area contributed by atoms with Gasteiger partial charge in [-0.2, -0.15) is 0 Å². The maximum absolute atomic E-state index is 12.5. The van der Waals surface area contributed by atoms with Crippen LogP contribution in [0.4, 0.5) is 0 Å². The number of nitrogens with one attached hydrogen (secondary N) is 1. The molecule has 0 saturated heterocycles. The molecule has 0 radical (unpaired) electrons. The van der Waals surface area contributed by atoms with Crippen LogP contribution >= 0.6 is 0 Å². The van der Waals surface area contributed by atoms with E-state index in [-0.39, 0.29) is 12.2 Å². The summed E-state index contributed by atoms with van der Waals surface area (Å²) in [6.45, 7) is 6.94. The number of carboxylic acids is 1. The van der Waals surface area contributed by atoms with Crippen molar-refractivity contribution >= 4 is 11.8 Å². The highest BCUT2D eigenvalue weighted by atomic mass is 16.4. The number of carbonyl (C=O) groups excluding carboxylic acids is 1. The summed E-state index contributed by atoms with van der Waals surface area (Å²) in [5, 5.41) is 11.9. The number of hydrogen-bond donors (Lipinski definition) is 2. The normalized spacial score (nSPS) is 12.4. The van der Waals surface area contributed by atoms with Crippen molar-refractivity contribution in [3.63, 3.8) is 0 Å². The maximum Gasteiger partial charge on any atom is 0.303 e. The minimum atomic E-state index is -0.874. The van der Waals surface area contributed by atoms with E-state index in [1.165, 1.54) is 5.56 Å². The topological polar surface area (TPSA) is 66.4 Å². The number of carbonyl (C=O) groups is 2. The number of benzene rings is 1. The van der Waals surface area contributed by atoms with Crippen molar-refractivity contribution in [2.45, 2.75) is 52.0 Å². The van der Waals surface area contributed by atoms with Crippen molar-refractivity contribution < 1.29 is 14.7 Å². The van der Waals surface area contributed by atoms with E-state index in [4.69, 9.17) is 5.11 Å². The van der Waals surface area contributed by atoms with E-state index in [1.54, 1.807) is 0 Å². The summed E-state index contributed by atoms with van der Waals surface area (Å²) in [6, 6.07) is 7.17. The molecule has 4 heteroatoms. The number of carboxylic acid groups (broad SMARTS) is 1. The van der Waals surface area contributed by atoms with Gasteiger partial charge in [0.15, 0.2) is 5.78 Å². The van der Waals surface area contributed by atoms with Gasteiger partial charge in [-0.15, -0.1) is 0 Å². The van der Waals surface area contributed by atoms with E-state index < -0.39 is 12.0 Å². The summed E-state index contributed by atoms with van der Waals surface area (Å²) in [5.74, 6) is -0.476. The molecule has 0 aliphatic heterocycles. The fourth-order valence-corrected chi connectivity index (χ4v) is 2.15. The first-order valence-electron chi connectivity index (χ1n) is 7.55. The molecule has 0 aliphatic rings. The zero-order valence-electron chi connectivity index (χ0n) is 13.1. The molecule has 116 valence electrons. The van der Waals surface area contributed by atoms with Gasteiger partial charge in [-0.3, -0.25) is 9.59 Å². The van der Waals surface area contributed by atoms with Gasteiger partial charge in [0.05, 0.1) is 6.04 Å². The van der Waals surface area contributed by atoms with Crippen molar-refractivity contribution in [2.24, 2.45) is 0 Å². The molecule has 1 unspecified atom stereocenters. The van der Waals surface area contributed by atoms with Crippen LogP contribution < -0.4 is 5.32 Å². The van der Waals surface area contributed by atoms with E-state index in [1.807, 2.05) is 31.2 Å². The lowest BCUT2D eigenvalue weighted by Gasteiger charge is -2.17. The largest absolute Gasteiger partial charge is 0.481 e. The van der Waals surface area contributed by atoms with Gasteiger partial charge in [0.1, 0.15) is 0 Å². The van der Waals surface area contributed by atoms with E-state index >= 15 is 0 Å². The predicted molar refractivity (Wildman–Crippen MR) is 83.8 cm³/mol. The molecule has 21 heavy (non-hydrogen) atoms. The Labute approximate surface area is 126 Å². The Morgan fingerprint density at radius 2 is 1.81 bits per heavy atom. The third-order valence-electron chi connectivity index (χ3n) is 3.47. The van der Waals surface area contributed by atoms with Crippen LogP contribution in [0.1, 0.15) is 61.9 Å². The molecule has 0 aliphatic carbocycles. The molecule has 0 aromatic heterocycles. The Hall–Kier alpha value is -1.68. The first kappa shape index (κ1) is 17.4. The van der Waals surface area contributed by atoms with Crippen LogP contribution in [0, 0.1) is 0 Å². The van der Waals surface area contributed by atoms with Crippen LogP contribution in [0.5, 0.6) is 0 Å². The van der Waals surface area contributed by atoms with Crippen LogP contribution in [0.15, 0.2) is 24.3 Å². The fourth-order valence-electron chi connectivity index (χ4n) is 2.15. The fraction of sp³-hybridized carbons (Fsp3) is 0.529. The van der Waals surface area contributed by atoms with Gasteiger partial charge in [-0.1, -0.05) is 45.0 Å². The van der Waals surface area contributed by atoms with Crippen LogP contribution in [-0.4, -0.2) is 29.4 Å². The molecule has 0 heterocycles. The molecule has 1 atom stereocenters. The monoisotopic (exact) mass is 291 g/mol. The van der Waals surface area contributed by atoms with E-state index in [9.17, 15) is 9.59 Å². The summed E-state index contributed by atoms with van der Waals surface area (Å²) >= 11 is 0. The van der Waals surface area contributed by atoms with Crippen LogP contribution in [0.25, 0.3) is 0 Å². The van der Waals surface area contributed by atoms with Gasteiger partial charge >= 0.3 is 5.97 Å². The summed E-state index contributed by atoms with van der Waals surface area (Å²) in [5.41, 5.74) is 1.83. The van der Waals surface area contributed by atoms with E-state index in [0.717, 1.165) is 6.42 Å². The van der Waals surface area contributed by atoms with Gasteiger partial charge in [-0.25, -0.2) is 0 Å².